The van der Waals surface area contributed by atoms with E-state index in [9.17, 15) is 0 Å². The number of nitrogens with zero attached hydrogens (tertiary/aromatic N) is 1. The lowest BCUT2D eigenvalue weighted by Gasteiger charge is -2.34. The van der Waals surface area contributed by atoms with Crippen molar-refractivity contribution in [3.8, 4) is 11.5 Å². The average Bonchev–Trinajstić information content (AvgIpc) is 2.76. The first kappa shape index (κ1) is 24.5. The normalized spacial score (nSPS) is 11.2. The third-order valence-corrected chi connectivity index (χ3v) is 5.64. The minimum absolute atomic E-state index is 0.659. The van der Waals surface area contributed by atoms with Crippen LogP contribution in [0.4, 0.5) is 22.7 Å². The molecule has 0 radical (unpaired) electrons. The van der Waals surface area contributed by atoms with E-state index in [0.29, 0.717) is 22.9 Å². The standard InChI is InChI=1S/C24H40N5O2/c1-5-14-29(2,15-6-12-27-19-8-10-21(25)23(17-19)30-3)16-7-13-28-20-9-11-22(26)24(18-20)31-4/h8-11,17-18,27-28H,5-7,12-16,25-26H2,1-4H3/q+1. The highest BCUT2D eigenvalue weighted by Crippen LogP contribution is 2.26. The van der Waals surface area contributed by atoms with Crippen molar-refractivity contribution < 1.29 is 14.0 Å². The van der Waals surface area contributed by atoms with Gasteiger partial charge in [0.1, 0.15) is 11.5 Å². The first-order chi connectivity index (χ1) is 14.9. The molecule has 7 nitrogen and oxygen atoms in total. The fraction of sp³-hybridized carbons (Fsp3) is 0.500. The molecule has 7 heteroatoms. The molecule has 172 valence electrons. The lowest BCUT2D eigenvalue weighted by Crippen LogP contribution is -2.47. The van der Waals surface area contributed by atoms with Gasteiger partial charge in [0.25, 0.3) is 0 Å². The van der Waals surface area contributed by atoms with Gasteiger partial charge >= 0.3 is 0 Å². The first-order valence-electron chi connectivity index (χ1n) is 11.1. The summed E-state index contributed by atoms with van der Waals surface area (Å²) in [6, 6.07) is 11.6. The second kappa shape index (κ2) is 12.2. The summed E-state index contributed by atoms with van der Waals surface area (Å²) in [5.74, 6) is 1.42. The Bertz CT molecular complexity index is 751. The Balaban J connectivity index is 1.76. The van der Waals surface area contributed by atoms with Crippen molar-refractivity contribution in [1.82, 2.24) is 0 Å². The van der Waals surface area contributed by atoms with Crippen molar-refractivity contribution in [1.29, 1.82) is 0 Å². The summed E-state index contributed by atoms with van der Waals surface area (Å²) < 4.78 is 11.7. The molecule has 2 aromatic carbocycles. The molecule has 0 aliphatic carbocycles. The topological polar surface area (TPSA) is 94.6 Å². The second-order valence-electron chi connectivity index (χ2n) is 8.26. The SMILES string of the molecule is CCC[N+](C)(CCCNc1ccc(N)c(OC)c1)CCCNc1ccc(N)c(OC)c1. The maximum absolute atomic E-state index is 5.89. The third-order valence-electron chi connectivity index (χ3n) is 5.64. The van der Waals surface area contributed by atoms with Crippen LogP contribution in [-0.2, 0) is 0 Å². The zero-order chi connectivity index (χ0) is 22.7. The van der Waals surface area contributed by atoms with E-state index in [-0.39, 0.29) is 0 Å². The Labute approximate surface area is 187 Å². The molecule has 0 atom stereocenters. The number of hydrogen-bond acceptors (Lipinski definition) is 6. The van der Waals surface area contributed by atoms with Crippen molar-refractivity contribution in [2.45, 2.75) is 26.2 Å². The van der Waals surface area contributed by atoms with Crippen LogP contribution in [0.25, 0.3) is 0 Å². The molecule has 0 saturated heterocycles. The van der Waals surface area contributed by atoms with E-state index in [0.717, 1.165) is 54.9 Å². The van der Waals surface area contributed by atoms with Gasteiger partial charge in [-0.3, -0.25) is 0 Å². The van der Waals surface area contributed by atoms with Gasteiger partial charge in [-0.2, -0.15) is 0 Å². The van der Waals surface area contributed by atoms with Crippen molar-refractivity contribution in [2.75, 3.05) is 76.1 Å². The molecule has 0 amide bonds. The maximum Gasteiger partial charge on any atom is 0.143 e. The molecule has 0 aliphatic rings. The highest BCUT2D eigenvalue weighted by molar-refractivity contribution is 5.62. The number of quaternary nitrogens is 1. The van der Waals surface area contributed by atoms with Crippen molar-refractivity contribution >= 4 is 22.7 Å². The largest absolute Gasteiger partial charge is 0.495 e. The van der Waals surface area contributed by atoms with E-state index in [4.69, 9.17) is 20.9 Å². The van der Waals surface area contributed by atoms with Gasteiger partial charge in [-0.05, 0) is 30.7 Å². The van der Waals surface area contributed by atoms with Crippen LogP contribution in [-0.4, -0.2) is 58.5 Å². The fourth-order valence-corrected chi connectivity index (χ4v) is 3.90. The van der Waals surface area contributed by atoms with Crippen LogP contribution in [0, 0.1) is 0 Å². The zero-order valence-corrected chi connectivity index (χ0v) is 19.5. The Morgan fingerprint density at radius 3 is 1.61 bits per heavy atom. The average molecular weight is 431 g/mol. The molecule has 31 heavy (non-hydrogen) atoms. The molecule has 0 heterocycles. The van der Waals surface area contributed by atoms with Gasteiger partial charge in [0, 0.05) is 49.4 Å². The number of anilines is 4. The van der Waals surface area contributed by atoms with Crippen LogP contribution in [0.5, 0.6) is 11.5 Å². The summed E-state index contributed by atoms with van der Waals surface area (Å²) in [4.78, 5) is 0. The van der Waals surface area contributed by atoms with E-state index in [1.165, 1.54) is 13.0 Å². The van der Waals surface area contributed by atoms with Crippen LogP contribution < -0.4 is 31.6 Å². The van der Waals surface area contributed by atoms with Crippen LogP contribution in [0.2, 0.25) is 0 Å². The highest BCUT2D eigenvalue weighted by atomic mass is 16.5. The number of nitrogens with one attached hydrogen (secondary N) is 2. The Morgan fingerprint density at radius 1 is 0.774 bits per heavy atom. The van der Waals surface area contributed by atoms with E-state index in [2.05, 4.69) is 24.6 Å². The molecule has 6 N–H and O–H groups in total. The molecular formula is C24H40N5O2+. The van der Waals surface area contributed by atoms with Gasteiger partial charge in [0.15, 0.2) is 0 Å². The molecule has 0 saturated carbocycles. The van der Waals surface area contributed by atoms with Crippen molar-refractivity contribution in [3.63, 3.8) is 0 Å². The van der Waals surface area contributed by atoms with E-state index < -0.39 is 0 Å². The van der Waals surface area contributed by atoms with Crippen molar-refractivity contribution in [3.05, 3.63) is 36.4 Å². The number of benzene rings is 2. The summed E-state index contributed by atoms with van der Waals surface area (Å²) in [5.41, 5.74) is 15.2. The summed E-state index contributed by atoms with van der Waals surface area (Å²) in [5, 5.41) is 6.97. The molecule has 0 spiro atoms. The minimum atomic E-state index is 0.659. The Morgan fingerprint density at radius 2 is 1.23 bits per heavy atom. The van der Waals surface area contributed by atoms with E-state index >= 15 is 0 Å². The van der Waals surface area contributed by atoms with Gasteiger partial charge in [0.05, 0.1) is 52.3 Å². The molecule has 2 aromatic rings. The van der Waals surface area contributed by atoms with Crippen LogP contribution >= 0.6 is 0 Å². The van der Waals surface area contributed by atoms with Gasteiger partial charge < -0.3 is 36.1 Å². The molecule has 0 aromatic heterocycles. The van der Waals surface area contributed by atoms with Crippen LogP contribution in [0.1, 0.15) is 26.2 Å². The summed E-state index contributed by atoms with van der Waals surface area (Å²) in [6.07, 6.45) is 3.39. The van der Waals surface area contributed by atoms with Gasteiger partial charge in [-0.1, -0.05) is 6.92 Å². The molecule has 0 unspecified atom stereocenters. The van der Waals surface area contributed by atoms with Crippen molar-refractivity contribution in [2.24, 2.45) is 0 Å². The lowest BCUT2D eigenvalue weighted by atomic mass is 10.2. The van der Waals surface area contributed by atoms with Crippen LogP contribution in [0.15, 0.2) is 36.4 Å². The third kappa shape index (κ3) is 7.75. The molecular weight excluding hydrogens is 390 g/mol. The maximum atomic E-state index is 5.89. The first-order valence-corrected chi connectivity index (χ1v) is 11.1. The van der Waals surface area contributed by atoms with Gasteiger partial charge in [0.2, 0.25) is 0 Å². The van der Waals surface area contributed by atoms with E-state index in [1.807, 2.05) is 36.4 Å². The number of methoxy groups -OCH3 is 2. The highest BCUT2D eigenvalue weighted by Gasteiger charge is 2.19. The number of rotatable bonds is 14. The minimum Gasteiger partial charge on any atom is -0.495 e. The Hall–Kier alpha value is -2.80. The second-order valence-corrected chi connectivity index (χ2v) is 8.26. The summed E-state index contributed by atoms with van der Waals surface area (Å²) in [7, 11) is 5.64. The number of nitrogens with two attached hydrogens (primary N) is 2. The smallest absolute Gasteiger partial charge is 0.143 e. The zero-order valence-electron chi connectivity index (χ0n) is 19.5. The van der Waals surface area contributed by atoms with Crippen LogP contribution in [0.3, 0.4) is 0 Å². The van der Waals surface area contributed by atoms with E-state index in [1.54, 1.807) is 14.2 Å². The quantitative estimate of drug-likeness (QED) is 0.205. The molecule has 0 fully saturated rings. The lowest BCUT2D eigenvalue weighted by molar-refractivity contribution is -0.909. The van der Waals surface area contributed by atoms with Gasteiger partial charge in [-0.25, -0.2) is 0 Å². The monoisotopic (exact) mass is 430 g/mol. The Kier molecular flexibility index (Phi) is 9.59. The number of hydrogen-bond donors (Lipinski definition) is 4. The fourth-order valence-electron chi connectivity index (χ4n) is 3.90. The summed E-state index contributed by atoms with van der Waals surface area (Å²) >= 11 is 0. The summed E-state index contributed by atoms with van der Waals surface area (Å²) in [6.45, 7) is 7.58. The predicted octanol–water partition coefficient (Wildman–Crippen LogP) is 4.03. The number of nitrogen functional groups attached to an aromatic ring is 2. The molecule has 2 rings (SSSR count). The molecule has 0 aliphatic heterocycles. The predicted molar refractivity (Wildman–Crippen MR) is 132 cm³/mol. The van der Waals surface area contributed by atoms with Gasteiger partial charge in [-0.15, -0.1) is 0 Å². The number of ether oxygens (including phenoxy) is 2. The molecule has 0 bridgehead atoms.